The molecular weight excluding hydrogens is 413 g/mol. The Kier molecular flexibility index (Phi) is 5.80. The molecule has 2 aromatic carbocycles. The van der Waals surface area contributed by atoms with E-state index in [-0.39, 0.29) is 33.8 Å². The molecule has 3 aromatic rings. The third kappa shape index (κ3) is 3.55. The highest BCUT2D eigenvalue weighted by molar-refractivity contribution is 7.90. The summed E-state index contributed by atoms with van der Waals surface area (Å²) in [5.41, 5.74) is 2.35. The maximum absolute atomic E-state index is 14.6. The molecular formula is C21H19ClFN3O2S. The zero-order valence-electron chi connectivity index (χ0n) is 15.6. The second-order valence-electron chi connectivity index (χ2n) is 6.76. The molecule has 0 atom stereocenters. The average Bonchev–Trinajstić information content (AvgIpc) is 3.12. The molecule has 0 bridgehead atoms. The van der Waals surface area contributed by atoms with E-state index >= 15 is 0 Å². The van der Waals surface area contributed by atoms with Crippen molar-refractivity contribution in [2.45, 2.75) is 18.2 Å². The Morgan fingerprint density at radius 3 is 2.52 bits per heavy atom. The molecule has 5 nitrogen and oxygen atoms in total. The molecule has 1 aliphatic heterocycles. The Morgan fingerprint density at radius 1 is 1.17 bits per heavy atom. The molecule has 0 aliphatic carbocycles. The van der Waals surface area contributed by atoms with Crippen LogP contribution in [0.4, 0.5) is 4.39 Å². The molecule has 29 heavy (non-hydrogen) atoms. The lowest BCUT2D eigenvalue weighted by atomic mass is 10.1. The molecule has 1 aliphatic rings. The highest BCUT2D eigenvalue weighted by atomic mass is 35.5. The van der Waals surface area contributed by atoms with Crippen LogP contribution < -0.4 is 5.32 Å². The van der Waals surface area contributed by atoms with Crippen molar-refractivity contribution in [1.29, 1.82) is 5.26 Å². The zero-order valence-corrected chi connectivity index (χ0v) is 17.3. The van der Waals surface area contributed by atoms with Gasteiger partial charge in [0, 0.05) is 11.9 Å². The van der Waals surface area contributed by atoms with E-state index in [4.69, 9.17) is 0 Å². The zero-order chi connectivity index (χ0) is 19.9. The van der Waals surface area contributed by atoms with Gasteiger partial charge in [0.05, 0.1) is 21.7 Å². The molecule has 1 N–H and O–H groups in total. The van der Waals surface area contributed by atoms with Gasteiger partial charge in [0.15, 0.2) is 0 Å². The van der Waals surface area contributed by atoms with Crippen molar-refractivity contribution in [3.05, 3.63) is 71.2 Å². The Labute approximate surface area is 174 Å². The highest BCUT2D eigenvalue weighted by Gasteiger charge is 2.28. The number of nitrogens with one attached hydrogen (secondary N) is 1. The van der Waals surface area contributed by atoms with Crippen LogP contribution in [0.25, 0.3) is 16.5 Å². The SMILES string of the molecule is Cc1ccc(S(=O)(=O)n2c(C3=CCNCC3)cc3c(F)ccc(C#N)c32)cc1.Cl. The Balaban J connectivity index is 0.00000240. The number of benzene rings is 2. The lowest BCUT2D eigenvalue weighted by molar-refractivity contribution is 0.588. The largest absolute Gasteiger partial charge is 0.313 e. The van der Waals surface area contributed by atoms with E-state index in [1.54, 1.807) is 12.1 Å². The normalized spacial score (nSPS) is 14.2. The van der Waals surface area contributed by atoms with E-state index in [0.717, 1.165) is 15.1 Å². The van der Waals surface area contributed by atoms with Crippen LogP contribution in [-0.2, 0) is 10.0 Å². The number of nitrogens with zero attached hydrogens (tertiary/aromatic N) is 2. The third-order valence-electron chi connectivity index (χ3n) is 4.94. The number of aryl methyl sites for hydroxylation is 1. The van der Waals surface area contributed by atoms with Crippen molar-refractivity contribution < 1.29 is 12.8 Å². The van der Waals surface area contributed by atoms with Gasteiger partial charge in [-0.05, 0) is 55.8 Å². The molecule has 2 heterocycles. The molecule has 0 amide bonds. The third-order valence-corrected chi connectivity index (χ3v) is 6.67. The molecule has 4 rings (SSSR count). The highest BCUT2D eigenvalue weighted by Crippen LogP contribution is 2.34. The fourth-order valence-corrected chi connectivity index (χ4v) is 5.05. The van der Waals surface area contributed by atoms with Crippen molar-refractivity contribution >= 4 is 38.9 Å². The average molecular weight is 432 g/mol. The van der Waals surface area contributed by atoms with E-state index in [2.05, 4.69) is 5.32 Å². The van der Waals surface area contributed by atoms with E-state index in [9.17, 15) is 18.1 Å². The summed E-state index contributed by atoms with van der Waals surface area (Å²) < 4.78 is 42.8. The van der Waals surface area contributed by atoms with Gasteiger partial charge in [-0.15, -0.1) is 12.4 Å². The van der Waals surface area contributed by atoms with Gasteiger partial charge in [-0.25, -0.2) is 16.8 Å². The molecule has 0 saturated heterocycles. The second-order valence-corrected chi connectivity index (χ2v) is 8.55. The molecule has 8 heteroatoms. The molecule has 150 valence electrons. The lowest BCUT2D eigenvalue weighted by Gasteiger charge is -2.18. The van der Waals surface area contributed by atoms with Crippen LogP contribution in [0.1, 0.15) is 23.2 Å². The van der Waals surface area contributed by atoms with Gasteiger partial charge >= 0.3 is 0 Å². The number of hydrogen-bond acceptors (Lipinski definition) is 4. The molecule has 0 saturated carbocycles. The van der Waals surface area contributed by atoms with Gasteiger partial charge in [-0.2, -0.15) is 5.26 Å². The van der Waals surface area contributed by atoms with Gasteiger partial charge in [-0.1, -0.05) is 23.8 Å². The molecule has 1 aromatic heterocycles. The topological polar surface area (TPSA) is 74.9 Å². The van der Waals surface area contributed by atoms with E-state index in [1.165, 1.54) is 30.3 Å². The number of aromatic nitrogens is 1. The molecule has 0 radical (unpaired) electrons. The van der Waals surface area contributed by atoms with E-state index in [1.807, 2.05) is 19.1 Å². The number of halogens is 2. The minimum atomic E-state index is -4.03. The maximum atomic E-state index is 14.6. The fraction of sp³-hybridized carbons (Fsp3) is 0.190. The van der Waals surface area contributed by atoms with Gasteiger partial charge in [0.2, 0.25) is 0 Å². The summed E-state index contributed by atoms with van der Waals surface area (Å²) in [6.07, 6.45) is 2.52. The monoisotopic (exact) mass is 431 g/mol. The van der Waals surface area contributed by atoms with Crippen molar-refractivity contribution in [1.82, 2.24) is 9.29 Å². The first kappa shape index (κ1) is 21.1. The minimum absolute atomic E-state index is 0. The quantitative estimate of drug-likeness (QED) is 0.680. The smallest absolute Gasteiger partial charge is 0.268 e. The van der Waals surface area contributed by atoms with E-state index in [0.29, 0.717) is 25.2 Å². The van der Waals surface area contributed by atoms with Crippen molar-refractivity contribution in [3.63, 3.8) is 0 Å². The molecule has 0 spiro atoms. The van der Waals surface area contributed by atoms with Crippen LogP contribution in [0, 0.1) is 24.1 Å². The van der Waals surface area contributed by atoms with Gasteiger partial charge < -0.3 is 5.32 Å². The molecule has 0 fully saturated rings. The van der Waals surface area contributed by atoms with E-state index < -0.39 is 15.8 Å². The first-order valence-corrected chi connectivity index (χ1v) is 10.3. The number of nitriles is 1. The van der Waals surface area contributed by atoms with Crippen LogP contribution in [0.2, 0.25) is 0 Å². The van der Waals surface area contributed by atoms with Crippen molar-refractivity contribution in [2.75, 3.05) is 13.1 Å². The summed E-state index contributed by atoms with van der Waals surface area (Å²) in [5, 5.41) is 12.9. The summed E-state index contributed by atoms with van der Waals surface area (Å²) in [5.74, 6) is -0.553. The first-order valence-electron chi connectivity index (χ1n) is 8.90. The van der Waals surface area contributed by atoms with Crippen molar-refractivity contribution in [2.24, 2.45) is 0 Å². The van der Waals surface area contributed by atoms with Gasteiger partial charge in [0.1, 0.15) is 11.9 Å². The van der Waals surface area contributed by atoms with Gasteiger partial charge in [-0.3, -0.25) is 0 Å². The number of rotatable bonds is 3. The Hall–Kier alpha value is -2.66. The van der Waals surface area contributed by atoms with Crippen molar-refractivity contribution in [3.8, 4) is 6.07 Å². The summed E-state index contributed by atoms with van der Waals surface area (Å²) >= 11 is 0. The lowest BCUT2D eigenvalue weighted by Crippen LogP contribution is -2.22. The predicted octanol–water partition coefficient (Wildman–Crippen LogP) is 4.00. The summed E-state index contributed by atoms with van der Waals surface area (Å²) in [6.45, 7) is 3.18. The van der Waals surface area contributed by atoms with Crippen LogP contribution in [0.3, 0.4) is 0 Å². The summed E-state index contributed by atoms with van der Waals surface area (Å²) in [4.78, 5) is 0.0968. The predicted molar refractivity (Wildman–Crippen MR) is 113 cm³/mol. The molecule has 0 unspecified atom stereocenters. The minimum Gasteiger partial charge on any atom is -0.313 e. The second kappa shape index (κ2) is 7.99. The summed E-state index contributed by atoms with van der Waals surface area (Å²) in [6, 6.07) is 12.5. The van der Waals surface area contributed by atoms with Crippen LogP contribution in [0.5, 0.6) is 0 Å². The summed E-state index contributed by atoms with van der Waals surface area (Å²) in [7, 11) is -4.03. The fourth-order valence-electron chi connectivity index (χ4n) is 3.49. The standard InChI is InChI=1S/C21H18FN3O2S.ClH/c1-14-2-5-17(6-3-14)28(26,27)25-20(15-8-10-24-11-9-15)12-18-19(22)7-4-16(13-23)21(18)25;/h2-8,12,24H,9-11H2,1H3;1H. The van der Waals surface area contributed by atoms with Crippen LogP contribution in [-0.4, -0.2) is 25.5 Å². The van der Waals surface area contributed by atoms with Crippen LogP contribution >= 0.6 is 12.4 Å². The van der Waals surface area contributed by atoms with Crippen LogP contribution in [0.15, 0.2) is 53.4 Å². The Morgan fingerprint density at radius 2 is 1.90 bits per heavy atom. The Bertz CT molecular complexity index is 1260. The maximum Gasteiger partial charge on any atom is 0.268 e. The number of hydrogen-bond donors (Lipinski definition) is 1. The first-order chi connectivity index (χ1) is 13.4. The van der Waals surface area contributed by atoms with Gasteiger partial charge in [0.25, 0.3) is 10.0 Å². The number of fused-ring (bicyclic) bond motifs is 1.